The lowest BCUT2D eigenvalue weighted by molar-refractivity contribution is 0.0266. The Morgan fingerprint density at radius 1 is 1.36 bits per heavy atom. The molecule has 2 fully saturated rings. The van der Waals surface area contributed by atoms with Crippen molar-refractivity contribution in [1.29, 1.82) is 5.26 Å². The first-order chi connectivity index (χ1) is 17.2. The molecule has 0 radical (unpaired) electrons. The molecule has 2 aliphatic rings. The molecule has 4 rings (SSSR count). The molecule has 36 heavy (non-hydrogen) atoms. The van der Waals surface area contributed by atoms with Gasteiger partial charge in [-0.05, 0) is 51.5 Å². The molecule has 0 unspecified atom stereocenters. The van der Waals surface area contributed by atoms with E-state index in [2.05, 4.69) is 15.3 Å². The summed E-state index contributed by atoms with van der Waals surface area (Å²) in [7, 11) is -1.91. The van der Waals surface area contributed by atoms with Gasteiger partial charge in [-0.1, -0.05) is 6.08 Å². The van der Waals surface area contributed by atoms with Crippen LogP contribution in [-0.4, -0.2) is 70.8 Å². The highest BCUT2D eigenvalue weighted by Crippen LogP contribution is 2.39. The molecule has 1 saturated heterocycles. The first kappa shape index (κ1) is 26.2. The molecule has 2 aromatic rings. The Morgan fingerprint density at radius 2 is 2.11 bits per heavy atom. The number of methoxy groups -OCH3 is 1. The highest BCUT2D eigenvalue weighted by Gasteiger charge is 2.40. The van der Waals surface area contributed by atoms with Crippen molar-refractivity contribution in [3.63, 3.8) is 0 Å². The van der Waals surface area contributed by atoms with Crippen molar-refractivity contribution in [2.24, 2.45) is 0 Å². The van der Waals surface area contributed by atoms with Crippen LogP contribution in [0.4, 0.5) is 5.95 Å². The van der Waals surface area contributed by atoms with E-state index in [0.717, 1.165) is 6.42 Å². The molecule has 11 nitrogen and oxygen atoms in total. The zero-order valence-corrected chi connectivity index (χ0v) is 21.4. The van der Waals surface area contributed by atoms with Gasteiger partial charge in [0, 0.05) is 49.8 Å². The summed E-state index contributed by atoms with van der Waals surface area (Å²) >= 11 is 0. The van der Waals surface area contributed by atoms with Gasteiger partial charge in [-0.3, -0.25) is 9.36 Å². The second-order valence-corrected chi connectivity index (χ2v) is 11.4. The third kappa shape index (κ3) is 5.44. The summed E-state index contributed by atoms with van der Waals surface area (Å²) in [5.74, 6) is 0.318. The number of sulfonamides is 1. The van der Waals surface area contributed by atoms with Crippen LogP contribution in [0.25, 0.3) is 11.0 Å². The van der Waals surface area contributed by atoms with Crippen LogP contribution >= 0.6 is 0 Å². The van der Waals surface area contributed by atoms with E-state index < -0.39 is 27.2 Å². The Morgan fingerprint density at radius 3 is 2.75 bits per heavy atom. The van der Waals surface area contributed by atoms with Crippen LogP contribution in [-0.2, 0) is 14.8 Å². The third-order valence-corrected chi connectivity index (χ3v) is 8.61. The fourth-order valence-corrected chi connectivity index (χ4v) is 6.27. The molecule has 0 spiro atoms. The smallest absolute Gasteiger partial charge is 0.270 e. The predicted molar refractivity (Wildman–Crippen MR) is 135 cm³/mol. The maximum Gasteiger partial charge on any atom is 0.270 e. The average molecular weight is 517 g/mol. The normalized spacial score (nSPS) is 23.9. The lowest BCUT2D eigenvalue weighted by Crippen LogP contribution is -2.41. The van der Waals surface area contributed by atoms with Crippen molar-refractivity contribution in [1.82, 2.24) is 18.8 Å². The van der Waals surface area contributed by atoms with Crippen molar-refractivity contribution in [2.45, 2.75) is 63.1 Å². The Balaban J connectivity index is 1.53. The van der Waals surface area contributed by atoms with E-state index in [1.165, 1.54) is 20.3 Å². The van der Waals surface area contributed by atoms with Crippen molar-refractivity contribution >= 4 is 27.0 Å². The second kappa shape index (κ2) is 10.6. The number of rotatable bonds is 8. The van der Waals surface area contributed by atoms with Crippen molar-refractivity contribution in [3.05, 3.63) is 39.7 Å². The lowest BCUT2D eigenvalue weighted by atomic mass is 9.99. The molecule has 2 aromatic heterocycles. The standard InChI is InChI=1S/C24H32N6O5S/c1-24(32)9-5-6-20(24)30-21-18(14-17(15-25)22(30)31)16-26-23(28-21)27-19-7-10-29(11-8-19)36(33,34)13-4-3-12-35-2/h4,13-14,16,19-20,32H,3,5-12H2,1-2H3,(H,26,27,28)/b13-4+/t20-,24-/m1/s1. The van der Waals surface area contributed by atoms with Gasteiger partial charge in [0.2, 0.25) is 16.0 Å². The van der Waals surface area contributed by atoms with Crippen molar-refractivity contribution < 1.29 is 18.3 Å². The van der Waals surface area contributed by atoms with Gasteiger partial charge < -0.3 is 15.2 Å². The van der Waals surface area contributed by atoms with Gasteiger partial charge in [0.1, 0.15) is 17.3 Å². The molecular formula is C24H32N6O5S. The van der Waals surface area contributed by atoms with Gasteiger partial charge in [-0.25, -0.2) is 13.4 Å². The number of aliphatic hydroxyl groups is 1. The summed E-state index contributed by atoms with van der Waals surface area (Å²) in [5, 5.41) is 25.4. The molecule has 1 aliphatic heterocycles. The summed E-state index contributed by atoms with van der Waals surface area (Å²) in [5.41, 5.74) is -1.21. The number of pyridine rings is 1. The Hall–Kier alpha value is -2.85. The molecule has 3 heterocycles. The molecule has 0 bridgehead atoms. The van der Waals surface area contributed by atoms with E-state index in [0.29, 0.717) is 68.8 Å². The van der Waals surface area contributed by atoms with Crippen LogP contribution < -0.4 is 10.9 Å². The molecule has 1 aliphatic carbocycles. The zero-order chi connectivity index (χ0) is 25.9. The first-order valence-electron chi connectivity index (χ1n) is 12.1. The second-order valence-electron chi connectivity index (χ2n) is 9.60. The van der Waals surface area contributed by atoms with Crippen LogP contribution in [0.1, 0.15) is 57.1 Å². The van der Waals surface area contributed by atoms with Gasteiger partial charge in [0.15, 0.2) is 0 Å². The number of nitrogens with one attached hydrogen (secondary N) is 1. The largest absolute Gasteiger partial charge is 0.388 e. The molecule has 0 amide bonds. The molecule has 0 aromatic carbocycles. The molecule has 12 heteroatoms. The van der Waals surface area contributed by atoms with Crippen LogP contribution in [0.15, 0.2) is 28.5 Å². The van der Waals surface area contributed by atoms with Crippen molar-refractivity contribution in [2.75, 3.05) is 32.1 Å². The highest BCUT2D eigenvalue weighted by molar-refractivity contribution is 7.92. The van der Waals surface area contributed by atoms with Gasteiger partial charge in [-0.15, -0.1) is 0 Å². The highest BCUT2D eigenvalue weighted by atomic mass is 32.2. The predicted octanol–water partition coefficient (Wildman–Crippen LogP) is 1.90. The minimum atomic E-state index is -3.48. The van der Waals surface area contributed by atoms with E-state index in [4.69, 9.17) is 4.74 Å². The summed E-state index contributed by atoms with van der Waals surface area (Å²) in [6, 6.07) is 2.89. The molecule has 2 N–H and O–H groups in total. The number of nitriles is 1. The lowest BCUT2D eigenvalue weighted by Gasteiger charge is -2.31. The molecule has 2 atom stereocenters. The maximum absolute atomic E-state index is 13.1. The first-order valence-corrected chi connectivity index (χ1v) is 13.6. The third-order valence-electron chi connectivity index (χ3n) is 6.99. The van der Waals surface area contributed by atoms with Gasteiger partial charge >= 0.3 is 0 Å². The zero-order valence-electron chi connectivity index (χ0n) is 20.6. The quantitative estimate of drug-likeness (QED) is 0.501. The average Bonchev–Trinajstić information content (AvgIpc) is 3.20. The van der Waals surface area contributed by atoms with Crippen LogP contribution in [0.3, 0.4) is 0 Å². The topological polar surface area (TPSA) is 150 Å². The summed E-state index contributed by atoms with van der Waals surface area (Å²) in [4.78, 5) is 22.1. The number of hydrogen-bond acceptors (Lipinski definition) is 9. The number of anilines is 1. The van der Waals surface area contributed by atoms with Crippen LogP contribution in [0.5, 0.6) is 0 Å². The summed E-state index contributed by atoms with van der Waals surface area (Å²) in [6.07, 6.45) is 6.78. The molecular weight excluding hydrogens is 484 g/mol. The Labute approximate surface area is 210 Å². The maximum atomic E-state index is 13.1. The number of piperidine rings is 1. The number of hydrogen-bond donors (Lipinski definition) is 2. The van der Waals surface area contributed by atoms with Gasteiger partial charge in [0.25, 0.3) is 5.56 Å². The number of nitrogens with zero attached hydrogens (tertiary/aromatic N) is 5. The number of fused-ring (bicyclic) bond motifs is 1. The minimum absolute atomic E-state index is 0.0145. The fraction of sp³-hybridized carbons (Fsp3) is 0.583. The van der Waals surface area contributed by atoms with E-state index in [1.807, 2.05) is 6.07 Å². The summed E-state index contributed by atoms with van der Waals surface area (Å²) in [6.45, 7) is 2.90. The van der Waals surface area contributed by atoms with E-state index in [9.17, 15) is 23.6 Å². The number of ether oxygens (including phenoxy) is 1. The fourth-order valence-electron chi connectivity index (χ4n) is 5.00. The SMILES string of the molecule is COCC/C=C/S(=O)(=O)N1CCC(Nc2ncc3cc(C#N)c(=O)n([C@@H]4CCC[C@@]4(C)O)c3n2)CC1. The van der Waals surface area contributed by atoms with E-state index in [1.54, 1.807) is 26.3 Å². The monoisotopic (exact) mass is 516 g/mol. The Kier molecular flexibility index (Phi) is 7.75. The van der Waals surface area contributed by atoms with E-state index in [-0.39, 0.29) is 11.6 Å². The summed E-state index contributed by atoms with van der Waals surface area (Å²) < 4.78 is 32.9. The van der Waals surface area contributed by atoms with Crippen LogP contribution in [0, 0.1) is 11.3 Å². The Bertz CT molecular complexity index is 1340. The minimum Gasteiger partial charge on any atom is -0.388 e. The van der Waals surface area contributed by atoms with Crippen molar-refractivity contribution in [3.8, 4) is 6.07 Å². The number of aromatic nitrogens is 3. The van der Waals surface area contributed by atoms with Gasteiger partial charge in [0.05, 0.1) is 11.6 Å². The van der Waals surface area contributed by atoms with Gasteiger partial charge in [-0.2, -0.15) is 14.6 Å². The molecule has 194 valence electrons. The van der Waals surface area contributed by atoms with E-state index >= 15 is 0 Å². The van der Waals surface area contributed by atoms with Crippen LogP contribution in [0.2, 0.25) is 0 Å². The molecule has 1 saturated carbocycles.